The Morgan fingerprint density at radius 1 is 0.963 bits per heavy atom. The fraction of sp³-hybridized carbons (Fsp3) is 0.0455. The van der Waals surface area contributed by atoms with Gasteiger partial charge in [-0.25, -0.2) is 4.39 Å². The van der Waals surface area contributed by atoms with Crippen LogP contribution in [-0.4, -0.2) is 10.1 Å². The number of aromatic nitrogens is 1. The Balaban J connectivity index is 1.67. The van der Waals surface area contributed by atoms with Gasteiger partial charge in [0, 0.05) is 11.8 Å². The zero-order valence-electron chi connectivity index (χ0n) is 14.2. The van der Waals surface area contributed by atoms with Gasteiger partial charge in [0.2, 0.25) is 0 Å². The highest BCUT2D eigenvalue weighted by Crippen LogP contribution is 2.28. The third-order valence-electron chi connectivity index (χ3n) is 4.58. The summed E-state index contributed by atoms with van der Waals surface area (Å²) < 4.78 is 13.3. The summed E-state index contributed by atoms with van der Waals surface area (Å²) in [5.74, 6) is -0.452. The molecule has 0 radical (unpaired) electrons. The van der Waals surface area contributed by atoms with Gasteiger partial charge in [-0.15, -0.1) is 0 Å². The second-order valence-corrected chi connectivity index (χ2v) is 6.74. The van der Waals surface area contributed by atoms with Gasteiger partial charge in [0.25, 0.3) is 5.56 Å². The molecule has 4 aromatic rings. The SMILES string of the molecule is O=c1[nH]c2ccccc2c(O)c1Cc1ccc(-c2ccc(F)c(Cl)c2)cc1. The minimum absolute atomic E-state index is 0.00347. The lowest BCUT2D eigenvalue weighted by Gasteiger charge is -2.09. The van der Waals surface area contributed by atoms with E-state index in [2.05, 4.69) is 4.98 Å². The average molecular weight is 380 g/mol. The molecule has 134 valence electrons. The number of rotatable bonds is 3. The molecule has 4 rings (SSSR count). The van der Waals surface area contributed by atoms with Crippen molar-refractivity contribution in [2.45, 2.75) is 6.42 Å². The molecule has 5 heteroatoms. The quantitative estimate of drug-likeness (QED) is 0.508. The van der Waals surface area contributed by atoms with E-state index in [1.165, 1.54) is 6.07 Å². The third-order valence-corrected chi connectivity index (χ3v) is 4.87. The average Bonchev–Trinajstić information content (AvgIpc) is 2.68. The second-order valence-electron chi connectivity index (χ2n) is 6.33. The summed E-state index contributed by atoms with van der Waals surface area (Å²) in [5.41, 5.74) is 3.19. The molecule has 0 bridgehead atoms. The van der Waals surface area contributed by atoms with Gasteiger partial charge < -0.3 is 10.1 Å². The van der Waals surface area contributed by atoms with E-state index < -0.39 is 5.82 Å². The van der Waals surface area contributed by atoms with E-state index in [4.69, 9.17) is 11.6 Å². The molecular weight excluding hydrogens is 365 g/mol. The second kappa shape index (κ2) is 6.89. The van der Waals surface area contributed by atoms with E-state index in [0.717, 1.165) is 16.7 Å². The minimum atomic E-state index is -0.456. The predicted octanol–water partition coefficient (Wildman–Crippen LogP) is 5.28. The first-order valence-electron chi connectivity index (χ1n) is 8.40. The number of pyridine rings is 1. The summed E-state index contributed by atoms with van der Waals surface area (Å²) in [7, 11) is 0. The highest BCUT2D eigenvalue weighted by Gasteiger charge is 2.12. The molecule has 0 aliphatic heterocycles. The number of H-pyrrole nitrogens is 1. The monoisotopic (exact) mass is 379 g/mol. The summed E-state index contributed by atoms with van der Waals surface area (Å²) in [5, 5.41) is 11.2. The maximum atomic E-state index is 13.3. The molecule has 0 fully saturated rings. The lowest BCUT2D eigenvalue weighted by molar-refractivity contribution is 0.474. The van der Waals surface area contributed by atoms with Crippen molar-refractivity contribution < 1.29 is 9.50 Å². The van der Waals surface area contributed by atoms with Crippen molar-refractivity contribution in [3.05, 3.63) is 99.1 Å². The number of hydrogen-bond acceptors (Lipinski definition) is 2. The van der Waals surface area contributed by atoms with Crippen molar-refractivity contribution in [3.8, 4) is 16.9 Å². The Morgan fingerprint density at radius 3 is 2.41 bits per heavy atom. The van der Waals surface area contributed by atoms with Crippen molar-refractivity contribution in [3.63, 3.8) is 0 Å². The van der Waals surface area contributed by atoms with Crippen molar-refractivity contribution in [2.24, 2.45) is 0 Å². The molecule has 0 saturated carbocycles. The Bertz CT molecular complexity index is 1200. The number of aromatic hydroxyl groups is 1. The first-order chi connectivity index (χ1) is 13.0. The van der Waals surface area contributed by atoms with Gasteiger partial charge in [0.1, 0.15) is 11.6 Å². The van der Waals surface area contributed by atoms with Gasteiger partial charge in [-0.3, -0.25) is 4.79 Å². The summed E-state index contributed by atoms with van der Waals surface area (Å²) in [6.07, 6.45) is 0.302. The number of fused-ring (bicyclic) bond motifs is 1. The fourth-order valence-electron chi connectivity index (χ4n) is 3.13. The number of nitrogens with one attached hydrogen (secondary N) is 1. The first kappa shape index (κ1) is 17.3. The van der Waals surface area contributed by atoms with E-state index in [-0.39, 0.29) is 16.3 Å². The van der Waals surface area contributed by atoms with Gasteiger partial charge in [-0.1, -0.05) is 54.1 Å². The van der Waals surface area contributed by atoms with Gasteiger partial charge in [-0.05, 0) is 41.0 Å². The summed E-state index contributed by atoms with van der Waals surface area (Å²) >= 11 is 5.84. The molecule has 0 atom stereocenters. The number of aromatic amines is 1. The van der Waals surface area contributed by atoms with Crippen molar-refractivity contribution in [2.75, 3.05) is 0 Å². The number of para-hydroxylation sites is 1. The Kier molecular flexibility index (Phi) is 4.42. The summed E-state index contributed by atoms with van der Waals surface area (Å²) in [6, 6.07) is 19.2. The van der Waals surface area contributed by atoms with Crippen LogP contribution in [0.5, 0.6) is 5.75 Å². The molecule has 3 aromatic carbocycles. The molecule has 0 spiro atoms. The zero-order valence-corrected chi connectivity index (χ0v) is 14.9. The fourth-order valence-corrected chi connectivity index (χ4v) is 3.31. The van der Waals surface area contributed by atoms with E-state index in [9.17, 15) is 14.3 Å². The molecule has 0 amide bonds. The maximum absolute atomic E-state index is 13.3. The van der Waals surface area contributed by atoms with Gasteiger partial charge in [-0.2, -0.15) is 0 Å². The van der Waals surface area contributed by atoms with Crippen LogP contribution in [0, 0.1) is 5.82 Å². The molecule has 0 aliphatic rings. The number of benzene rings is 3. The van der Waals surface area contributed by atoms with Crippen LogP contribution in [0.25, 0.3) is 22.0 Å². The molecule has 1 aromatic heterocycles. The number of hydrogen-bond donors (Lipinski definition) is 2. The van der Waals surface area contributed by atoms with Crippen molar-refractivity contribution in [1.29, 1.82) is 0 Å². The standard InChI is InChI=1S/C22H15ClFNO2/c23-18-12-15(9-10-19(18)24)14-7-5-13(6-8-14)11-17-21(26)16-3-1-2-4-20(16)25-22(17)27/h1-10,12H,11H2,(H2,25,26,27). The predicted molar refractivity (Wildman–Crippen MR) is 106 cm³/mol. The minimum Gasteiger partial charge on any atom is -0.507 e. The van der Waals surface area contributed by atoms with Gasteiger partial charge in [0.15, 0.2) is 0 Å². The van der Waals surface area contributed by atoms with E-state index >= 15 is 0 Å². The van der Waals surface area contributed by atoms with Crippen molar-refractivity contribution in [1.82, 2.24) is 4.98 Å². The van der Waals surface area contributed by atoms with E-state index in [1.807, 2.05) is 30.3 Å². The maximum Gasteiger partial charge on any atom is 0.255 e. The van der Waals surface area contributed by atoms with Gasteiger partial charge in [0.05, 0.1) is 16.1 Å². The van der Waals surface area contributed by atoms with Crippen LogP contribution < -0.4 is 5.56 Å². The zero-order chi connectivity index (χ0) is 19.0. The molecule has 27 heavy (non-hydrogen) atoms. The molecule has 0 unspecified atom stereocenters. The van der Waals surface area contributed by atoms with Gasteiger partial charge >= 0.3 is 0 Å². The first-order valence-corrected chi connectivity index (χ1v) is 8.78. The summed E-state index contributed by atoms with van der Waals surface area (Å²) in [6.45, 7) is 0. The van der Waals surface area contributed by atoms with Crippen LogP contribution in [0.4, 0.5) is 4.39 Å². The Morgan fingerprint density at radius 2 is 1.67 bits per heavy atom. The Hall–Kier alpha value is -3.11. The van der Waals surface area contributed by atoms with Crippen LogP contribution >= 0.6 is 11.6 Å². The molecule has 3 nitrogen and oxygen atoms in total. The number of halogens is 2. The van der Waals surface area contributed by atoms with Crippen LogP contribution in [0.1, 0.15) is 11.1 Å². The lowest BCUT2D eigenvalue weighted by Crippen LogP contribution is -2.13. The molecular formula is C22H15ClFNO2. The van der Waals surface area contributed by atoms with E-state index in [0.29, 0.717) is 22.9 Å². The molecule has 2 N–H and O–H groups in total. The lowest BCUT2D eigenvalue weighted by atomic mass is 9.99. The highest BCUT2D eigenvalue weighted by molar-refractivity contribution is 6.31. The van der Waals surface area contributed by atoms with Crippen LogP contribution in [0.15, 0.2) is 71.5 Å². The van der Waals surface area contributed by atoms with Crippen LogP contribution in [0.3, 0.4) is 0 Å². The van der Waals surface area contributed by atoms with Crippen LogP contribution in [0.2, 0.25) is 5.02 Å². The smallest absolute Gasteiger partial charge is 0.255 e. The molecule has 0 aliphatic carbocycles. The largest absolute Gasteiger partial charge is 0.507 e. The van der Waals surface area contributed by atoms with E-state index in [1.54, 1.807) is 30.3 Å². The highest BCUT2D eigenvalue weighted by atomic mass is 35.5. The molecule has 0 saturated heterocycles. The summed E-state index contributed by atoms with van der Waals surface area (Å²) in [4.78, 5) is 15.2. The van der Waals surface area contributed by atoms with Crippen LogP contribution in [-0.2, 0) is 6.42 Å². The molecule has 1 heterocycles. The van der Waals surface area contributed by atoms with Crippen molar-refractivity contribution >= 4 is 22.5 Å². The Labute approximate surface area is 159 Å². The third kappa shape index (κ3) is 3.32. The normalized spacial score (nSPS) is 11.0. The topological polar surface area (TPSA) is 53.1 Å².